The number of nitrogens with one attached hydrogen (secondary N) is 3. The zero-order valence-corrected chi connectivity index (χ0v) is 17.1. The molecule has 3 rings (SSSR count). The Balaban J connectivity index is 1.54. The molecule has 5 N–H and O–H groups in total. The molecule has 0 saturated carbocycles. The smallest absolute Gasteiger partial charge is 0.268 e. The van der Waals surface area contributed by atoms with Crippen molar-refractivity contribution < 1.29 is 4.79 Å². The van der Waals surface area contributed by atoms with Gasteiger partial charge < -0.3 is 16.4 Å². The minimum Gasteiger partial charge on any atom is -0.369 e. The summed E-state index contributed by atoms with van der Waals surface area (Å²) in [4.78, 5) is 31.6. The summed E-state index contributed by atoms with van der Waals surface area (Å²) in [5.41, 5.74) is 7.25. The van der Waals surface area contributed by atoms with Gasteiger partial charge in [-0.1, -0.05) is 25.5 Å². The zero-order valence-electron chi connectivity index (χ0n) is 16.2. The maximum absolute atomic E-state index is 12.2. The summed E-state index contributed by atoms with van der Waals surface area (Å²) in [5, 5.41) is 6.49. The lowest BCUT2D eigenvalue weighted by atomic mass is 10.0. The fourth-order valence-corrected chi connectivity index (χ4v) is 4.37. The predicted molar refractivity (Wildman–Crippen MR) is 114 cm³/mol. The third kappa shape index (κ3) is 5.07. The standard InChI is InChI=1S/C20H27N5O2S/c1-3-4-12(2)23-18(26)14-8-5-13(6-9-14)7-10-15-11-22-17-16(28-15)19(27)25-20(21)24-17/h5-6,8-9,12,15H,3-4,7,10-11H2,1-2H3,(H,23,26)(H4,21,22,24,25,27). The molecule has 2 heterocycles. The number of aryl methyl sites for hydroxylation is 1. The van der Waals surface area contributed by atoms with Crippen LogP contribution in [0.15, 0.2) is 34.0 Å². The number of carbonyl (C=O) groups is 1. The number of amides is 1. The Labute approximate surface area is 168 Å². The van der Waals surface area contributed by atoms with Crippen LogP contribution in [0.1, 0.15) is 49.0 Å². The molecule has 2 aromatic rings. The van der Waals surface area contributed by atoms with Gasteiger partial charge in [0.1, 0.15) is 10.7 Å². The van der Waals surface area contributed by atoms with Crippen molar-refractivity contribution in [1.29, 1.82) is 0 Å². The fourth-order valence-electron chi connectivity index (χ4n) is 3.25. The van der Waals surface area contributed by atoms with Crippen LogP contribution in [-0.4, -0.2) is 33.7 Å². The van der Waals surface area contributed by atoms with Crippen LogP contribution >= 0.6 is 11.8 Å². The van der Waals surface area contributed by atoms with Gasteiger partial charge in [-0.05, 0) is 43.9 Å². The first-order valence-corrected chi connectivity index (χ1v) is 10.5. The Morgan fingerprint density at radius 1 is 1.39 bits per heavy atom. The summed E-state index contributed by atoms with van der Waals surface area (Å²) in [6.07, 6.45) is 3.82. The molecule has 1 amide bonds. The Bertz CT molecular complexity index is 881. The molecule has 1 aliphatic rings. The van der Waals surface area contributed by atoms with Gasteiger partial charge in [0, 0.05) is 23.4 Å². The van der Waals surface area contributed by atoms with Crippen LogP contribution in [0, 0.1) is 0 Å². The minimum absolute atomic E-state index is 0.0258. The molecule has 8 heteroatoms. The molecule has 1 aromatic heterocycles. The first-order valence-electron chi connectivity index (χ1n) is 9.66. The van der Waals surface area contributed by atoms with Crippen LogP contribution in [0.4, 0.5) is 11.8 Å². The van der Waals surface area contributed by atoms with Crippen molar-refractivity contribution in [3.05, 3.63) is 45.7 Å². The van der Waals surface area contributed by atoms with Gasteiger partial charge in [-0.3, -0.25) is 14.6 Å². The maximum Gasteiger partial charge on any atom is 0.268 e. The molecule has 0 saturated heterocycles. The normalized spacial score (nSPS) is 16.7. The first-order chi connectivity index (χ1) is 13.5. The number of aromatic amines is 1. The zero-order chi connectivity index (χ0) is 20.1. The lowest BCUT2D eigenvalue weighted by Crippen LogP contribution is -2.32. The van der Waals surface area contributed by atoms with Crippen molar-refractivity contribution >= 4 is 29.4 Å². The average molecular weight is 402 g/mol. The van der Waals surface area contributed by atoms with E-state index in [0.29, 0.717) is 16.3 Å². The highest BCUT2D eigenvalue weighted by Gasteiger charge is 2.23. The monoisotopic (exact) mass is 401 g/mol. The number of anilines is 2. The summed E-state index contributed by atoms with van der Waals surface area (Å²) < 4.78 is 0. The number of nitrogen functional groups attached to an aromatic ring is 1. The highest BCUT2D eigenvalue weighted by molar-refractivity contribution is 8.00. The fraction of sp³-hybridized carbons (Fsp3) is 0.450. The minimum atomic E-state index is -0.197. The van der Waals surface area contributed by atoms with Crippen LogP contribution in [0.25, 0.3) is 0 Å². The molecular formula is C20H27N5O2S. The van der Waals surface area contributed by atoms with E-state index in [1.165, 1.54) is 5.56 Å². The third-order valence-electron chi connectivity index (χ3n) is 4.75. The summed E-state index contributed by atoms with van der Waals surface area (Å²) in [6.45, 7) is 4.88. The molecule has 150 valence electrons. The topological polar surface area (TPSA) is 113 Å². The van der Waals surface area contributed by atoms with Gasteiger partial charge >= 0.3 is 0 Å². The molecule has 0 bridgehead atoms. The molecule has 2 atom stereocenters. The number of carbonyl (C=O) groups excluding carboxylic acids is 1. The van der Waals surface area contributed by atoms with E-state index in [4.69, 9.17) is 5.73 Å². The number of nitrogens with zero attached hydrogens (tertiary/aromatic N) is 1. The molecule has 2 unspecified atom stereocenters. The largest absolute Gasteiger partial charge is 0.369 e. The van der Waals surface area contributed by atoms with Crippen molar-refractivity contribution in [3.63, 3.8) is 0 Å². The quantitative estimate of drug-likeness (QED) is 0.567. The van der Waals surface area contributed by atoms with Gasteiger partial charge in [-0.15, -0.1) is 11.8 Å². The average Bonchev–Trinajstić information content (AvgIpc) is 2.67. The Kier molecular flexibility index (Phi) is 6.61. The molecule has 1 aromatic carbocycles. The number of hydrogen-bond acceptors (Lipinski definition) is 6. The van der Waals surface area contributed by atoms with Gasteiger partial charge in [0.25, 0.3) is 11.5 Å². The molecule has 0 aliphatic carbocycles. The van der Waals surface area contributed by atoms with Crippen molar-refractivity contribution in [3.8, 4) is 0 Å². The van der Waals surface area contributed by atoms with Crippen molar-refractivity contribution in [2.75, 3.05) is 17.6 Å². The number of thioether (sulfide) groups is 1. The van der Waals surface area contributed by atoms with Crippen LogP contribution in [0.3, 0.4) is 0 Å². The Morgan fingerprint density at radius 3 is 2.86 bits per heavy atom. The molecule has 0 spiro atoms. The molecule has 0 fully saturated rings. The van der Waals surface area contributed by atoms with E-state index < -0.39 is 0 Å². The van der Waals surface area contributed by atoms with Crippen LogP contribution in [0.5, 0.6) is 0 Å². The van der Waals surface area contributed by atoms with E-state index in [0.717, 1.165) is 32.2 Å². The second kappa shape index (κ2) is 9.14. The summed E-state index contributed by atoms with van der Waals surface area (Å²) in [6, 6.07) is 7.95. The number of benzene rings is 1. The van der Waals surface area contributed by atoms with Crippen molar-refractivity contribution in [1.82, 2.24) is 15.3 Å². The van der Waals surface area contributed by atoms with E-state index in [-0.39, 0.29) is 28.7 Å². The number of hydrogen-bond donors (Lipinski definition) is 4. The second-order valence-corrected chi connectivity index (χ2v) is 8.46. The van der Waals surface area contributed by atoms with E-state index in [9.17, 15) is 9.59 Å². The number of H-pyrrole nitrogens is 1. The highest BCUT2D eigenvalue weighted by Crippen LogP contribution is 2.33. The molecular weight excluding hydrogens is 374 g/mol. The van der Waals surface area contributed by atoms with Gasteiger partial charge in [0.05, 0.1) is 0 Å². The molecule has 28 heavy (non-hydrogen) atoms. The third-order valence-corrected chi connectivity index (χ3v) is 6.10. The van der Waals surface area contributed by atoms with Crippen LogP contribution < -0.4 is 21.9 Å². The molecule has 0 radical (unpaired) electrons. The van der Waals surface area contributed by atoms with E-state index >= 15 is 0 Å². The van der Waals surface area contributed by atoms with Crippen molar-refractivity contribution in [2.24, 2.45) is 0 Å². The number of nitrogens with two attached hydrogens (primary N) is 1. The summed E-state index contributed by atoms with van der Waals surface area (Å²) in [7, 11) is 0. The summed E-state index contributed by atoms with van der Waals surface area (Å²) >= 11 is 1.54. The van der Waals surface area contributed by atoms with E-state index in [1.807, 2.05) is 31.2 Å². The van der Waals surface area contributed by atoms with E-state index in [2.05, 4.69) is 27.5 Å². The Hall–Kier alpha value is -2.48. The summed E-state index contributed by atoms with van der Waals surface area (Å²) in [5.74, 6) is 0.667. The SMILES string of the molecule is CCCC(C)NC(=O)c1ccc(CCC2CNc3nc(N)[nH]c(=O)c3S2)cc1. The van der Waals surface area contributed by atoms with Crippen molar-refractivity contribution in [2.45, 2.75) is 55.7 Å². The molecule has 7 nitrogen and oxygen atoms in total. The number of aromatic nitrogens is 2. The van der Waals surface area contributed by atoms with Gasteiger partial charge in [-0.2, -0.15) is 4.98 Å². The lowest BCUT2D eigenvalue weighted by Gasteiger charge is -2.24. The van der Waals surface area contributed by atoms with Crippen LogP contribution in [-0.2, 0) is 6.42 Å². The van der Waals surface area contributed by atoms with Gasteiger partial charge in [0.2, 0.25) is 5.95 Å². The van der Waals surface area contributed by atoms with Crippen LogP contribution in [0.2, 0.25) is 0 Å². The van der Waals surface area contributed by atoms with Gasteiger partial charge in [0.15, 0.2) is 0 Å². The highest BCUT2D eigenvalue weighted by atomic mass is 32.2. The second-order valence-electron chi connectivity index (χ2n) is 7.15. The lowest BCUT2D eigenvalue weighted by molar-refractivity contribution is 0.0938. The Morgan fingerprint density at radius 2 is 2.14 bits per heavy atom. The molecule has 1 aliphatic heterocycles. The predicted octanol–water partition coefficient (Wildman–Crippen LogP) is 2.79. The first kappa shape index (κ1) is 20.3. The van der Waals surface area contributed by atoms with E-state index in [1.54, 1.807) is 11.8 Å². The maximum atomic E-state index is 12.2. The number of rotatable bonds is 7. The van der Waals surface area contributed by atoms with Gasteiger partial charge in [-0.25, -0.2) is 0 Å². The number of fused-ring (bicyclic) bond motifs is 1.